The van der Waals surface area contributed by atoms with Gasteiger partial charge in [0.25, 0.3) is 0 Å². The highest BCUT2D eigenvalue weighted by molar-refractivity contribution is 5.83. The summed E-state index contributed by atoms with van der Waals surface area (Å²) in [5, 5.41) is 9.16. The maximum atomic E-state index is 11.8. The molecule has 0 heterocycles. The Balaban J connectivity index is 4.79. The molecule has 6 heteroatoms. The second-order valence-corrected chi connectivity index (χ2v) is 7.13. The highest BCUT2D eigenvalue weighted by atomic mass is 16.5. The number of nitrogens with one attached hydrogen (secondary N) is 3. The topological polar surface area (TPSA) is 74.8 Å². The second kappa shape index (κ2) is 8.98. The SMILES string of the molecule is CCNC(=NCC(C)(C)C(=O)NC)NCC(OC)C(C)(C)C. The fourth-order valence-electron chi connectivity index (χ4n) is 1.96. The zero-order valence-electron chi connectivity index (χ0n) is 15.5. The third-order valence-electron chi connectivity index (χ3n) is 3.52. The summed E-state index contributed by atoms with van der Waals surface area (Å²) in [6, 6.07) is 0. The van der Waals surface area contributed by atoms with Gasteiger partial charge in [-0.1, -0.05) is 20.8 Å². The van der Waals surface area contributed by atoms with Crippen molar-refractivity contribution in [2.45, 2.75) is 47.6 Å². The Morgan fingerprint density at radius 2 is 1.77 bits per heavy atom. The van der Waals surface area contributed by atoms with Crippen molar-refractivity contribution in [3.63, 3.8) is 0 Å². The maximum absolute atomic E-state index is 11.8. The number of carbonyl (C=O) groups is 1. The molecule has 1 unspecified atom stereocenters. The summed E-state index contributed by atoms with van der Waals surface area (Å²) in [5.41, 5.74) is -0.498. The monoisotopic (exact) mass is 314 g/mol. The van der Waals surface area contributed by atoms with Gasteiger partial charge in [-0.25, -0.2) is 0 Å². The predicted molar refractivity (Wildman–Crippen MR) is 92.1 cm³/mol. The van der Waals surface area contributed by atoms with E-state index in [2.05, 4.69) is 41.7 Å². The van der Waals surface area contributed by atoms with E-state index in [1.165, 1.54) is 0 Å². The molecule has 0 spiro atoms. The number of ether oxygens (including phenoxy) is 1. The van der Waals surface area contributed by atoms with Crippen LogP contribution in [0.2, 0.25) is 0 Å². The van der Waals surface area contributed by atoms with E-state index in [1.807, 2.05) is 20.8 Å². The fourth-order valence-corrected chi connectivity index (χ4v) is 1.96. The van der Waals surface area contributed by atoms with Gasteiger partial charge in [0.1, 0.15) is 0 Å². The first-order chi connectivity index (χ1) is 10.1. The number of methoxy groups -OCH3 is 1. The van der Waals surface area contributed by atoms with Gasteiger partial charge in [-0.05, 0) is 26.2 Å². The van der Waals surface area contributed by atoms with Crippen molar-refractivity contribution in [3.8, 4) is 0 Å². The first-order valence-corrected chi connectivity index (χ1v) is 7.85. The minimum Gasteiger partial charge on any atom is -0.379 e. The molecule has 0 aliphatic rings. The number of hydrogen-bond acceptors (Lipinski definition) is 3. The average Bonchev–Trinajstić information content (AvgIpc) is 2.42. The molecule has 0 rings (SSSR count). The van der Waals surface area contributed by atoms with E-state index in [1.54, 1.807) is 14.2 Å². The third-order valence-corrected chi connectivity index (χ3v) is 3.52. The Labute approximate surface area is 135 Å². The molecule has 1 atom stereocenters. The van der Waals surface area contributed by atoms with Crippen LogP contribution >= 0.6 is 0 Å². The molecule has 6 nitrogen and oxygen atoms in total. The average molecular weight is 314 g/mol. The van der Waals surface area contributed by atoms with Crippen molar-refractivity contribution in [1.82, 2.24) is 16.0 Å². The lowest BCUT2D eigenvalue weighted by atomic mass is 9.89. The van der Waals surface area contributed by atoms with Crippen molar-refractivity contribution in [2.24, 2.45) is 15.8 Å². The van der Waals surface area contributed by atoms with Gasteiger partial charge < -0.3 is 20.7 Å². The molecule has 0 fully saturated rings. The molecule has 0 aromatic carbocycles. The third kappa shape index (κ3) is 7.11. The normalized spacial score (nSPS) is 14.5. The second-order valence-electron chi connectivity index (χ2n) is 7.13. The van der Waals surface area contributed by atoms with Crippen LogP contribution in [-0.2, 0) is 9.53 Å². The maximum Gasteiger partial charge on any atom is 0.227 e. The molecule has 0 saturated heterocycles. The summed E-state index contributed by atoms with van der Waals surface area (Å²) < 4.78 is 5.53. The number of hydrogen-bond donors (Lipinski definition) is 3. The van der Waals surface area contributed by atoms with Crippen molar-refractivity contribution in [1.29, 1.82) is 0 Å². The van der Waals surface area contributed by atoms with Crippen molar-refractivity contribution < 1.29 is 9.53 Å². The Morgan fingerprint density at radius 3 is 2.18 bits per heavy atom. The summed E-state index contributed by atoms with van der Waals surface area (Å²) in [6.45, 7) is 14.0. The van der Waals surface area contributed by atoms with Gasteiger partial charge in [0.2, 0.25) is 5.91 Å². The molecule has 0 radical (unpaired) electrons. The Kier molecular flexibility index (Phi) is 8.45. The van der Waals surface area contributed by atoms with E-state index in [0.717, 1.165) is 6.54 Å². The van der Waals surface area contributed by atoms with Gasteiger partial charge in [0.15, 0.2) is 5.96 Å². The van der Waals surface area contributed by atoms with Crippen LogP contribution in [0.5, 0.6) is 0 Å². The van der Waals surface area contributed by atoms with E-state index >= 15 is 0 Å². The number of carbonyl (C=O) groups excluding carboxylic acids is 1. The van der Waals surface area contributed by atoms with Crippen LogP contribution in [0, 0.1) is 10.8 Å². The molecule has 3 N–H and O–H groups in total. The quantitative estimate of drug-likeness (QED) is 0.490. The summed E-state index contributed by atoms with van der Waals surface area (Å²) in [4.78, 5) is 16.3. The van der Waals surface area contributed by atoms with Crippen LogP contribution < -0.4 is 16.0 Å². The Hall–Kier alpha value is -1.30. The molecule has 0 aromatic heterocycles. The molecule has 0 aliphatic heterocycles. The van der Waals surface area contributed by atoms with E-state index < -0.39 is 5.41 Å². The first-order valence-electron chi connectivity index (χ1n) is 7.85. The molecule has 0 saturated carbocycles. The number of guanidine groups is 1. The van der Waals surface area contributed by atoms with Gasteiger partial charge in [0, 0.05) is 27.2 Å². The summed E-state index contributed by atoms with van der Waals surface area (Å²) in [5.74, 6) is 0.683. The number of aliphatic imine (C=N–C) groups is 1. The zero-order chi connectivity index (χ0) is 17.4. The van der Waals surface area contributed by atoms with Crippen LogP contribution in [0.3, 0.4) is 0 Å². The van der Waals surface area contributed by atoms with Crippen LogP contribution in [0.25, 0.3) is 0 Å². The van der Waals surface area contributed by atoms with Gasteiger partial charge in [-0.15, -0.1) is 0 Å². The van der Waals surface area contributed by atoms with Crippen LogP contribution in [0.15, 0.2) is 4.99 Å². The first kappa shape index (κ1) is 20.7. The summed E-state index contributed by atoms with van der Waals surface area (Å²) in [7, 11) is 3.36. The van der Waals surface area contributed by atoms with Gasteiger partial charge >= 0.3 is 0 Å². The van der Waals surface area contributed by atoms with Gasteiger partial charge in [0.05, 0.1) is 18.1 Å². The largest absolute Gasteiger partial charge is 0.379 e. The molecular weight excluding hydrogens is 280 g/mol. The van der Waals surface area contributed by atoms with Crippen LogP contribution in [0.4, 0.5) is 0 Å². The van der Waals surface area contributed by atoms with Gasteiger partial charge in [-0.2, -0.15) is 0 Å². The predicted octanol–water partition coefficient (Wildman–Crippen LogP) is 1.37. The minimum atomic E-state index is -0.540. The molecule has 0 aromatic rings. The highest BCUT2D eigenvalue weighted by Gasteiger charge is 2.27. The number of rotatable bonds is 7. The van der Waals surface area contributed by atoms with Crippen molar-refractivity contribution in [2.75, 3.05) is 33.8 Å². The van der Waals surface area contributed by atoms with E-state index in [0.29, 0.717) is 19.0 Å². The van der Waals surface area contributed by atoms with Crippen molar-refractivity contribution in [3.05, 3.63) is 0 Å². The van der Waals surface area contributed by atoms with Crippen LogP contribution in [0.1, 0.15) is 41.5 Å². The zero-order valence-corrected chi connectivity index (χ0v) is 15.5. The molecule has 130 valence electrons. The van der Waals surface area contributed by atoms with Crippen molar-refractivity contribution >= 4 is 11.9 Å². The molecule has 22 heavy (non-hydrogen) atoms. The molecule has 1 amide bonds. The lowest BCUT2D eigenvalue weighted by Gasteiger charge is -2.30. The van der Waals surface area contributed by atoms with E-state index in [-0.39, 0.29) is 17.4 Å². The molecular formula is C16H34N4O2. The molecule has 0 aliphatic carbocycles. The number of nitrogens with zero attached hydrogens (tertiary/aromatic N) is 1. The van der Waals surface area contributed by atoms with Crippen LogP contribution in [-0.4, -0.2) is 51.8 Å². The minimum absolute atomic E-state index is 0.0171. The Morgan fingerprint density at radius 1 is 1.18 bits per heavy atom. The lowest BCUT2D eigenvalue weighted by molar-refractivity contribution is -0.128. The highest BCUT2D eigenvalue weighted by Crippen LogP contribution is 2.21. The van der Waals surface area contributed by atoms with E-state index in [9.17, 15) is 4.79 Å². The summed E-state index contributed by atoms with van der Waals surface area (Å²) >= 11 is 0. The Bertz CT molecular complexity index is 373. The number of amides is 1. The summed E-state index contributed by atoms with van der Waals surface area (Å²) in [6.07, 6.45) is 0.0725. The standard InChI is InChI=1S/C16H34N4O2/c1-9-18-14(19-10-12(22-8)15(2,3)4)20-11-16(5,6)13(21)17-7/h12H,9-11H2,1-8H3,(H,17,21)(H2,18,19,20). The smallest absolute Gasteiger partial charge is 0.227 e. The van der Waals surface area contributed by atoms with E-state index in [4.69, 9.17) is 4.74 Å². The fraction of sp³-hybridized carbons (Fsp3) is 0.875. The van der Waals surface area contributed by atoms with Gasteiger partial charge in [-0.3, -0.25) is 9.79 Å². The lowest BCUT2D eigenvalue weighted by Crippen LogP contribution is -2.46. The molecule has 0 bridgehead atoms.